The third-order valence-electron chi connectivity index (χ3n) is 4.66. The van der Waals surface area contributed by atoms with E-state index < -0.39 is 0 Å². The van der Waals surface area contributed by atoms with Gasteiger partial charge >= 0.3 is 0 Å². The van der Waals surface area contributed by atoms with Crippen molar-refractivity contribution in [1.29, 1.82) is 0 Å². The number of carbonyl (C=O) groups is 1. The first-order valence-corrected chi connectivity index (χ1v) is 8.11. The molecule has 0 aliphatic carbocycles. The van der Waals surface area contributed by atoms with Crippen LogP contribution in [0.5, 0.6) is 0 Å². The number of rotatable bonds is 4. The molecule has 0 saturated carbocycles. The molecule has 23 heavy (non-hydrogen) atoms. The Labute approximate surface area is 135 Å². The average molecular weight is 318 g/mol. The maximum Gasteiger partial charge on any atom is 0.271 e. The van der Waals surface area contributed by atoms with Crippen LogP contribution in [0, 0.1) is 16.0 Å². The summed E-state index contributed by atoms with van der Waals surface area (Å²) in [5.74, 6) is 0.703. The highest BCUT2D eigenvalue weighted by Gasteiger charge is 2.25. The van der Waals surface area contributed by atoms with Crippen LogP contribution in [-0.2, 0) is 4.79 Å². The Morgan fingerprint density at radius 3 is 2.74 bits per heavy atom. The lowest BCUT2D eigenvalue weighted by Crippen LogP contribution is -2.49. The molecule has 2 saturated heterocycles. The van der Waals surface area contributed by atoms with Gasteiger partial charge in [0.05, 0.1) is 4.92 Å². The first kappa shape index (κ1) is 15.7. The number of nitro groups is 1. The number of anilines is 1. The number of piperazine rings is 1. The summed E-state index contributed by atoms with van der Waals surface area (Å²) in [6.07, 6.45) is 1.71. The second-order valence-corrected chi connectivity index (χ2v) is 6.21. The van der Waals surface area contributed by atoms with E-state index in [1.54, 1.807) is 12.1 Å². The summed E-state index contributed by atoms with van der Waals surface area (Å²) in [4.78, 5) is 26.9. The fraction of sp³-hybridized carbons (Fsp3) is 0.562. The lowest BCUT2D eigenvalue weighted by atomic mass is 10.0. The number of amides is 1. The van der Waals surface area contributed by atoms with E-state index in [9.17, 15) is 14.9 Å². The van der Waals surface area contributed by atoms with Crippen molar-refractivity contribution in [2.75, 3.05) is 44.2 Å². The standard InChI is InChI=1S/C16H22N4O3/c21-16(10-13-4-5-17-12-13)19-8-6-18(7-9-19)14-2-1-3-15(11-14)20(22)23/h1-3,11,13,17H,4-10,12H2. The first-order valence-electron chi connectivity index (χ1n) is 8.11. The van der Waals surface area contributed by atoms with Gasteiger partial charge in [0.25, 0.3) is 5.69 Å². The van der Waals surface area contributed by atoms with Gasteiger partial charge in [-0.15, -0.1) is 0 Å². The normalized spacial score (nSPS) is 21.5. The third kappa shape index (κ3) is 3.79. The largest absolute Gasteiger partial charge is 0.368 e. The molecular formula is C16H22N4O3. The number of carbonyl (C=O) groups excluding carboxylic acids is 1. The Morgan fingerprint density at radius 1 is 1.30 bits per heavy atom. The Bertz CT molecular complexity index is 578. The van der Waals surface area contributed by atoms with Gasteiger partial charge in [-0.3, -0.25) is 14.9 Å². The van der Waals surface area contributed by atoms with Gasteiger partial charge < -0.3 is 15.1 Å². The molecule has 7 nitrogen and oxygen atoms in total. The zero-order chi connectivity index (χ0) is 16.2. The number of benzene rings is 1. The van der Waals surface area contributed by atoms with Crippen LogP contribution in [-0.4, -0.2) is 55.0 Å². The fourth-order valence-corrected chi connectivity index (χ4v) is 3.28. The molecule has 0 aromatic heterocycles. The predicted octanol–water partition coefficient (Wildman–Crippen LogP) is 1.24. The zero-order valence-corrected chi connectivity index (χ0v) is 13.1. The van der Waals surface area contributed by atoms with E-state index in [0.717, 1.165) is 38.3 Å². The number of non-ortho nitro benzene ring substituents is 1. The molecule has 0 spiro atoms. The van der Waals surface area contributed by atoms with Crippen LogP contribution in [0.3, 0.4) is 0 Å². The Morgan fingerprint density at radius 2 is 2.09 bits per heavy atom. The van der Waals surface area contributed by atoms with Crippen LogP contribution in [0.4, 0.5) is 11.4 Å². The average Bonchev–Trinajstić information content (AvgIpc) is 3.08. The summed E-state index contributed by atoms with van der Waals surface area (Å²) in [5.41, 5.74) is 0.959. The summed E-state index contributed by atoms with van der Waals surface area (Å²) in [5, 5.41) is 14.2. The molecule has 3 rings (SSSR count). The molecule has 1 unspecified atom stereocenters. The maximum atomic E-state index is 12.3. The van der Waals surface area contributed by atoms with Crippen LogP contribution in [0.15, 0.2) is 24.3 Å². The van der Waals surface area contributed by atoms with Crippen LogP contribution in [0.1, 0.15) is 12.8 Å². The Balaban J connectivity index is 1.54. The van der Waals surface area contributed by atoms with Crippen molar-refractivity contribution >= 4 is 17.3 Å². The smallest absolute Gasteiger partial charge is 0.271 e. The SMILES string of the molecule is O=C(CC1CCNC1)N1CCN(c2cccc([N+](=O)[O-])c2)CC1. The van der Waals surface area contributed by atoms with Gasteiger partial charge in [-0.1, -0.05) is 6.07 Å². The lowest BCUT2D eigenvalue weighted by Gasteiger charge is -2.36. The molecule has 1 atom stereocenters. The van der Waals surface area contributed by atoms with Crippen molar-refractivity contribution in [3.8, 4) is 0 Å². The molecule has 1 N–H and O–H groups in total. The molecule has 2 heterocycles. The molecule has 1 aromatic carbocycles. The lowest BCUT2D eigenvalue weighted by molar-refractivity contribution is -0.384. The first-order chi connectivity index (χ1) is 11.1. The van der Waals surface area contributed by atoms with E-state index in [2.05, 4.69) is 10.2 Å². The highest BCUT2D eigenvalue weighted by Crippen LogP contribution is 2.23. The van der Waals surface area contributed by atoms with Crippen LogP contribution < -0.4 is 10.2 Å². The molecule has 0 radical (unpaired) electrons. The van der Waals surface area contributed by atoms with Gasteiger partial charge in [-0.2, -0.15) is 0 Å². The Kier molecular flexibility index (Phi) is 4.76. The minimum atomic E-state index is -0.376. The summed E-state index contributed by atoms with van der Waals surface area (Å²) in [6.45, 7) is 4.76. The highest BCUT2D eigenvalue weighted by atomic mass is 16.6. The van der Waals surface area contributed by atoms with Gasteiger partial charge in [0.1, 0.15) is 0 Å². The second-order valence-electron chi connectivity index (χ2n) is 6.21. The molecule has 7 heteroatoms. The molecule has 2 fully saturated rings. The van der Waals surface area contributed by atoms with E-state index >= 15 is 0 Å². The number of nitrogens with one attached hydrogen (secondary N) is 1. The Hall–Kier alpha value is -2.15. The van der Waals surface area contributed by atoms with Crippen LogP contribution in [0.2, 0.25) is 0 Å². The second kappa shape index (κ2) is 6.95. The summed E-state index contributed by atoms with van der Waals surface area (Å²) >= 11 is 0. The van der Waals surface area contributed by atoms with Gasteiger partial charge in [0.15, 0.2) is 0 Å². The molecular weight excluding hydrogens is 296 g/mol. The topological polar surface area (TPSA) is 78.7 Å². The van der Waals surface area contributed by atoms with E-state index in [1.807, 2.05) is 11.0 Å². The maximum absolute atomic E-state index is 12.3. The summed E-state index contributed by atoms with van der Waals surface area (Å²) in [6, 6.07) is 6.69. The summed E-state index contributed by atoms with van der Waals surface area (Å²) in [7, 11) is 0. The number of nitro benzene ring substituents is 1. The van der Waals surface area contributed by atoms with E-state index in [1.165, 1.54) is 6.07 Å². The van der Waals surface area contributed by atoms with E-state index in [4.69, 9.17) is 0 Å². The van der Waals surface area contributed by atoms with Crippen molar-refractivity contribution < 1.29 is 9.72 Å². The van der Waals surface area contributed by atoms with Gasteiger partial charge in [0, 0.05) is 50.4 Å². The van der Waals surface area contributed by atoms with Crippen molar-refractivity contribution in [3.63, 3.8) is 0 Å². The van der Waals surface area contributed by atoms with Crippen LogP contribution in [0.25, 0.3) is 0 Å². The molecule has 0 bridgehead atoms. The van der Waals surface area contributed by atoms with E-state index in [0.29, 0.717) is 25.4 Å². The molecule has 1 amide bonds. The van der Waals surface area contributed by atoms with Crippen molar-refractivity contribution in [1.82, 2.24) is 10.2 Å². The number of hydrogen-bond acceptors (Lipinski definition) is 5. The van der Waals surface area contributed by atoms with Gasteiger partial charge in [0.2, 0.25) is 5.91 Å². The zero-order valence-electron chi connectivity index (χ0n) is 13.1. The molecule has 2 aliphatic rings. The third-order valence-corrected chi connectivity index (χ3v) is 4.66. The monoisotopic (exact) mass is 318 g/mol. The summed E-state index contributed by atoms with van der Waals surface area (Å²) < 4.78 is 0. The number of nitrogens with zero attached hydrogens (tertiary/aromatic N) is 3. The molecule has 124 valence electrons. The molecule has 2 aliphatic heterocycles. The van der Waals surface area contributed by atoms with Crippen LogP contribution >= 0.6 is 0 Å². The minimum Gasteiger partial charge on any atom is -0.368 e. The highest BCUT2D eigenvalue weighted by molar-refractivity contribution is 5.77. The van der Waals surface area contributed by atoms with E-state index in [-0.39, 0.29) is 16.5 Å². The quantitative estimate of drug-likeness (QED) is 0.667. The number of hydrogen-bond donors (Lipinski definition) is 1. The van der Waals surface area contributed by atoms with Gasteiger partial charge in [-0.25, -0.2) is 0 Å². The minimum absolute atomic E-state index is 0.106. The molecule has 1 aromatic rings. The van der Waals surface area contributed by atoms with Gasteiger partial charge in [-0.05, 0) is 31.5 Å². The van der Waals surface area contributed by atoms with Crippen molar-refractivity contribution in [2.45, 2.75) is 12.8 Å². The predicted molar refractivity (Wildman–Crippen MR) is 87.5 cm³/mol. The fourth-order valence-electron chi connectivity index (χ4n) is 3.28. The van der Waals surface area contributed by atoms with Crippen molar-refractivity contribution in [2.24, 2.45) is 5.92 Å². The van der Waals surface area contributed by atoms with Crippen molar-refractivity contribution in [3.05, 3.63) is 34.4 Å².